The van der Waals surface area contributed by atoms with Crippen LogP contribution in [-0.2, 0) is 17.8 Å². The number of nitrogens with zero attached hydrogens (tertiary/aromatic N) is 4. The Morgan fingerprint density at radius 2 is 2.04 bits per heavy atom. The molecule has 1 aromatic heterocycles. The molecule has 0 radical (unpaired) electrons. The van der Waals surface area contributed by atoms with E-state index < -0.39 is 0 Å². The number of anilines is 1. The predicted molar refractivity (Wildman–Crippen MR) is 99.1 cm³/mol. The molecular weight excluding hydrogens is 328 g/mol. The van der Waals surface area contributed by atoms with Gasteiger partial charge in [-0.05, 0) is 30.4 Å². The number of hydrogen-bond donors (Lipinski definition) is 0. The quantitative estimate of drug-likeness (QED) is 0.848. The van der Waals surface area contributed by atoms with Crippen LogP contribution in [0.4, 0.5) is 5.82 Å². The summed E-state index contributed by atoms with van der Waals surface area (Å²) in [7, 11) is 1.60. The second kappa shape index (κ2) is 7.32. The summed E-state index contributed by atoms with van der Waals surface area (Å²) in [4.78, 5) is 25.7. The van der Waals surface area contributed by atoms with E-state index in [-0.39, 0.29) is 11.8 Å². The van der Waals surface area contributed by atoms with E-state index in [2.05, 4.69) is 39.1 Å². The molecule has 2 aliphatic heterocycles. The van der Waals surface area contributed by atoms with Crippen molar-refractivity contribution in [2.45, 2.75) is 25.8 Å². The van der Waals surface area contributed by atoms with Crippen LogP contribution in [0.3, 0.4) is 0 Å². The summed E-state index contributed by atoms with van der Waals surface area (Å²) in [6.45, 7) is 3.16. The Morgan fingerprint density at radius 3 is 2.88 bits per heavy atom. The van der Waals surface area contributed by atoms with E-state index in [0.717, 1.165) is 44.7 Å². The summed E-state index contributed by atoms with van der Waals surface area (Å²) >= 11 is 0. The Bertz CT molecular complexity index is 795. The van der Waals surface area contributed by atoms with Crippen LogP contribution in [0, 0.1) is 5.92 Å². The average Bonchev–Trinajstić information content (AvgIpc) is 2.73. The van der Waals surface area contributed by atoms with Crippen LogP contribution >= 0.6 is 0 Å². The van der Waals surface area contributed by atoms with Crippen molar-refractivity contribution in [3.63, 3.8) is 0 Å². The molecule has 26 heavy (non-hydrogen) atoms. The molecular formula is C20H24N4O2. The summed E-state index contributed by atoms with van der Waals surface area (Å²) in [5, 5.41) is 0. The van der Waals surface area contributed by atoms with Gasteiger partial charge < -0.3 is 14.5 Å². The summed E-state index contributed by atoms with van der Waals surface area (Å²) < 4.78 is 5.20. The first kappa shape index (κ1) is 16.8. The topological polar surface area (TPSA) is 58.6 Å². The second-order valence-corrected chi connectivity index (χ2v) is 6.98. The number of fused-ring (bicyclic) bond motifs is 1. The third kappa shape index (κ3) is 3.36. The van der Waals surface area contributed by atoms with Crippen LogP contribution in [0.15, 0.2) is 36.7 Å². The van der Waals surface area contributed by atoms with Gasteiger partial charge in [0.2, 0.25) is 11.8 Å². The van der Waals surface area contributed by atoms with Crippen molar-refractivity contribution >= 4 is 11.7 Å². The van der Waals surface area contributed by atoms with Crippen molar-refractivity contribution in [3.8, 4) is 5.88 Å². The molecule has 0 spiro atoms. The van der Waals surface area contributed by atoms with E-state index in [9.17, 15) is 4.79 Å². The van der Waals surface area contributed by atoms with E-state index in [1.54, 1.807) is 7.11 Å². The lowest BCUT2D eigenvalue weighted by Crippen LogP contribution is -2.46. The minimum Gasteiger partial charge on any atom is -0.481 e. The SMILES string of the molecule is COc1cc(N2CCCC(C(=O)N3CCc4ccccc4C3)C2)ncn1. The molecule has 6 heteroatoms. The zero-order valence-electron chi connectivity index (χ0n) is 15.1. The first-order valence-corrected chi connectivity index (χ1v) is 9.21. The van der Waals surface area contributed by atoms with E-state index in [1.165, 1.54) is 17.5 Å². The minimum atomic E-state index is 0.0231. The fourth-order valence-electron chi connectivity index (χ4n) is 3.94. The Labute approximate surface area is 153 Å². The van der Waals surface area contributed by atoms with Gasteiger partial charge in [-0.25, -0.2) is 9.97 Å². The molecule has 6 nitrogen and oxygen atoms in total. The monoisotopic (exact) mass is 352 g/mol. The number of benzene rings is 1. The molecule has 136 valence electrons. The van der Waals surface area contributed by atoms with Crippen molar-refractivity contribution in [1.82, 2.24) is 14.9 Å². The highest BCUT2D eigenvalue weighted by molar-refractivity contribution is 5.80. The normalized spacial score (nSPS) is 19.8. The largest absolute Gasteiger partial charge is 0.481 e. The molecule has 0 N–H and O–H groups in total. The van der Waals surface area contributed by atoms with Crippen molar-refractivity contribution < 1.29 is 9.53 Å². The van der Waals surface area contributed by atoms with Gasteiger partial charge in [0.25, 0.3) is 0 Å². The summed E-state index contributed by atoms with van der Waals surface area (Å²) in [5.74, 6) is 1.68. The molecule has 2 aliphatic rings. The van der Waals surface area contributed by atoms with Crippen molar-refractivity contribution in [3.05, 3.63) is 47.8 Å². The number of hydrogen-bond acceptors (Lipinski definition) is 5. The van der Waals surface area contributed by atoms with E-state index >= 15 is 0 Å². The molecule has 3 heterocycles. The van der Waals surface area contributed by atoms with E-state index in [1.807, 2.05) is 11.0 Å². The zero-order chi connectivity index (χ0) is 17.9. The van der Waals surface area contributed by atoms with Gasteiger partial charge in [-0.15, -0.1) is 0 Å². The molecule has 1 fully saturated rings. The average molecular weight is 352 g/mol. The zero-order valence-corrected chi connectivity index (χ0v) is 15.1. The smallest absolute Gasteiger partial charge is 0.227 e. The van der Waals surface area contributed by atoms with Crippen LogP contribution in [0.5, 0.6) is 5.88 Å². The molecule has 1 saturated heterocycles. The van der Waals surface area contributed by atoms with Gasteiger partial charge in [-0.2, -0.15) is 0 Å². The number of carbonyl (C=O) groups is 1. The van der Waals surface area contributed by atoms with Crippen LogP contribution in [0.25, 0.3) is 0 Å². The van der Waals surface area contributed by atoms with Gasteiger partial charge in [0, 0.05) is 32.2 Å². The number of carbonyl (C=O) groups excluding carboxylic acids is 1. The Hall–Kier alpha value is -2.63. The highest BCUT2D eigenvalue weighted by Crippen LogP contribution is 2.26. The van der Waals surface area contributed by atoms with E-state index in [4.69, 9.17) is 4.74 Å². The molecule has 1 unspecified atom stereocenters. The van der Waals surface area contributed by atoms with Crippen molar-refractivity contribution in [1.29, 1.82) is 0 Å². The molecule has 0 saturated carbocycles. The fraction of sp³-hybridized carbons (Fsp3) is 0.450. The molecule has 4 rings (SSSR count). The Kier molecular flexibility index (Phi) is 4.73. The Morgan fingerprint density at radius 1 is 1.19 bits per heavy atom. The van der Waals surface area contributed by atoms with Gasteiger partial charge in [0.15, 0.2) is 0 Å². The summed E-state index contributed by atoms with van der Waals surface area (Å²) in [6.07, 6.45) is 4.39. The first-order valence-electron chi connectivity index (χ1n) is 9.21. The number of methoxy groups -OCH3 is 1. The molecule has 2 aromatic rings. The number of ether oxygens (including phenoxy) is 1. The molecule has 0 bridgehead atoms. The summed E-state index contributed by atoms with van der Waals surface area (Å²) in [5.41, 5.74) is 2.65. The lowest BCUT2D eigenvalue weighted by molar-refractivity contribution is -0.136. The summed E-state index contributed by atoms with van der Waals surface area (Å²) in [6, 6.07) is 10.3. The molecule has 1 atom stereocenters. The van der Waals surface area contributed by atoms with Gasteiger partial charge in [0.05, 0.1) is 13.0 Å². The van der Waals surface area contributed by atoms with Gasteiger partial charge in [0.1, 0.15) is 12.1 Å². The second-order valence-electron chi connectivity index (χ2n) is 6.98. The third-order valence-electron chi connectivity index (χ3n) is 5.37. The minimum absolute atomic E-state index is 0.0231. The highest BCUT2D eigenvalue weighted by atomic mass is 16.5. The lowest BCUT2D eigenvalue weighted by Gasteiger charge is -2.37. The van der Waals surface area contributed by atoms with E-state index in [0.29, 0.717) is 12.4 Å². The van der Waals surface area contributed by atoms with Crippen LogP contribution in [-0.4, -0.2) is 47.5 Å². The maximum Gasteiger partial charge on any atom is 0.227 e. The molecule has 0 aliphatic carbocycles. The maximum absolute atomic E-state index is 13.1. The van der Waals surface area contributed by atoms with Crippen molar-refractivity contribution in [2.24, 2.45) is 5.92 Å². The predicted octanol–water partition coefficient (Wildman–Crippen LogP) is 2.29. The lowest BCUT2D eigenvalue weighted by atomic mass is 9.94. The van der Waals surface area contributed by atoms with Gasteiger partial charge in [-0.3, -0.25) is 4.79 Å². The van der Waals surface area contributed by atoms with Crippen LogP contribution in [0.1, 0.15) is 24.0 Å². The van der Waals surface area contributed by atoms with Crippen molar-refractivity contribution in [2.75, 3.05) is 31.6 Å². The maximum atomic E-state index is 13.1. The standard InChI is InChI=1S/C20H24N4O2/c1-26-19-11-18(21-14-22-19)23-9-4-7-17(13-23)20(25)24-10-8-15-5-2-3-6-16(15)12-24/h2-3,5-6,11,14,17H,4,7-10,12-13H2,1H3. The molecule has 1 aromatic carbocycles. The van der Waals surface area contributed by atoms with Gasteiger partial charge in [-0.1, -0.05) is 24.3 Å². The third-order valence-corrected chi connectivity index (χ3v) is 5.37. The van der Waals surface area contributed by atoms with Crippen LogP contribution in [0.2, 0.25) is 0 Å². The number of piperidine rings is 1. The highest BCUT2D eigenvalue weighted by Gasteiger charge is 2.31. The Balaban J connectivity index is 1.45. The first-order chi connectivity index (χ1) is 12.7. The van der Waals surface area contributed by atoms with Gasteiger partial charge >= 0.3 is 0 Å². The molecule has 1 amide bonds. The number of aromatic nitrogens is 2. The fourth-order valence-corrected chi connectivity index (χ4v) is 3.94. The van der Waals surface area contributed by atoms with Crippen LogP contribution < -0.4 is 9.64 Å². The number of amides is 1. The number of rotatable bonds is 3.